The van der Waals surface area contributed by atoms with Gasteiger partial charge in [0.05, 0.1) is 17.1 Å². The molecule has 4 aromatic rings. The van der Waals surface area contributed by atoms with Crippen LogP contribution in [0.3, 0.4) is 0 Å². The van der Waals surface area contributed by atoms with Gasteiger partial charge in [0, 0.05) is 37.7 Å². The van der Waals surface area contributed by atoms with Gasteiger partial charge in [0.25, 0.3) is 5.91 Å². The van der Waals surface area contributed by atoms with Crippen LogP contribution in [-0.2, 0) is 11.3 Å². The van der Waals surface area contributed by atoms with Gasteiger partial charge in [-0.3, -0.25) is 20.2 Å². The van der Waals surface area contributed by atoms with Crippen molar-refractivity contribution in [1.82, 2.24) is 35.7 Å². The zero-order chi connectivity index (χ0) is 28.4. The minimum absolute atomic E-state index is 0.0534. The van der Waals surface area contributed by atoms with Crippen LogP contribution < -0.4 is 16.4 Å². The lowest BCUT2D eigenvalue weighted by Crippen LogP contribution is -2.53. The van der Waals surface area contributed by atoms with Crippen molar-refractivity contribution in [2.75, 3.05) is 12.8 Å². The molecule has 3 aromatic heterocycles. The molecule has 11 nitrogen and oxygen atoms in total. The Bertz CT molecular complexity index is 1690. The van der Waals surface area contributed by atoms with Crippen LogP contribution in [0.1, 0.15) is 24.1 Å². The van der Waals surface area contributed by atoms with E-state index >= 15 is 0 Å². The van der Waals surface area contributed by atoms with Crippen molar-refractivity contribution < 1.29 is 13.6 Å². The van der Waals surface area contributed by atoms with Crippen molar-refractivity contribution in [3.8, 4) is 17.3 Å². The summed E-state index contributed by atoms with van der Waals surface area (Å²) >= 11 is 0. The Kier molecular flexibility index (Phi) is 7.17. The Balaban J connectivity index is 1.29. The average Bonchev–Trinajstić information content (AvgIpc) is 3.33. The number of rotatable bonds is 7. The number of aliphatic imine (C=N–C) groups is 1. The number of aromatic nitrogens is 4. The van der Waals surface area contributed by atoms with E-state index in [-0.39, 0.29) is 11.4 Å². The molecule has 0 fully saturated rings. The van der Waals surface area contributed by atoms with E-state index in [1.807, 2.05) is 24.3 Å². The van der Waals surface area contributed by atoms with Gasteiger partial charge in [0.1, 0.15) is 23.8 Å². The van der Waals surface area contributed by atoms with Gasteiger partial charge in [0.2, 0.25) is 0 Å². The molecule has 0 spiro atoms. The number of halogens is 2. The van der Waals surface area contributed by atoms with Crippen molar-refractivity contribution in [2.45, 2.75) is 25.7 Å². The lowest BCUT2D eigenvalue weighted by molar-refractivity contribution is -0.115. The van der Waals surface area contributed by atoms with E-state index in [1.165, 1.54) is 12.3 Å². The molecule has 0 radical (unpaired) electrons. The van der Waals surface area contributed by atoms with Crippen LogP contribution in [0.25, 0.3) is 22.3 Å². The summed E-state index contributed by atoms with van der Waals surface area (Å²) in [5.74, 6) is -2.12. The van der Waals surface area contributed by atoms with Gasteiger partial charge >= 0.3 is 0 Å². The minimum atomic E-state index is -1.01. The standard InChI is InChI=1S/C27H24F2N10O/c1-14(16-4-5-20(28)21(29)8-16)35-27(40)23-26(39(2)13-18(9-30)36-23)34-11-15-3-6-22(32-10-15)17-7-19-24(31)37-38-25(19)33-12-17/h3-8,10,12-14,26,34H,11H2,1-2H3,(H,35,40)(H3,31,33,37,38)/t14-,26?/m0/s1. The van der Waals surface area contributed by atoms with E-state index in [9.17, 15) is 18.8 Å². The maximum Gasteiger partial charge on any atom is 0.269 e. The molecule has 202 valence electrons. The van der Waals surface area contributed by atoms with Crippen molar-refractivity contribution in [2.24, 2.45) is 4.99 Å². The minimum Gasteiger partial charge on any atom is -0.384 e. The average molecular weight is 543 g/mol. The molecule has 13 heteroatoms. The second kappa shape index (κ2) is 10.9. The number of aromatic amines is 1. The van der Waals surface area contributed by atoms with Gasteiger partial charge < -0.3 is 16.0 Å². The fourth-order valence-electron chi connectivity index (χ4n) is 4.26. The van der Waals surface area contributed by atoms with Crippen LogP contribution in [0.2, 0.25) is 0 Å². The highest BCUT2D eigenvalue weighted by molar-refractivity contribution is 6.41. The molecule has 0 aliphatic carbocycles. The summed E-state index contributed by atoms with van der Waals surface area (Å²) < 4.78 is 27.0. The molecule has 1 unspecified atom stereocenters. The van der Waals surface area contributed by atoms with E-state index in [0.717, 1.165) is 23.3 Å². The molecule has 1 aromatic carbocycles. The quantitative estimate of drug-likeness (QED) is 0.277. The van der Waals surface area contributed by atoms with Crippen molar-refractivity contribution >= 4 is 28.5 Å². The second-order valence-electron chi connectivity index (χ2n) is 9.22. The number of nitriles is 1. The van der Waals surface area contributed by atoms with Crippen molar-refractivity contribution in [3.05, 3.63) is 83.5 Å². The Morgan fingerprint density at radius 3 is 2.75 bits per heavy atom. The summed E-state index contributed by atoms with van der Waals surface area (Å²) in [6.45, 7) is 1.97. The molecule has 4 heterocycles. The molecular formula is C27H24F2N10O. The second-order valence-corrected chi connectivity index (χ2v) is 9.22. The number of hydrogen-bond acceptors (Lipinski definition) is 9. The smallest absolute Gasteiger partial charge is 0.269 e. The molecule has 1 aliphatic rings. The molecule has 40 heavy (non-hydrogen) atoms. The normalized spacial score (nSPS) is 15.8. The summed E-state index contributed by atoms with van der Waals surface area (Å²) in [6, 6.07) is 10.3. The maximum atomic E-state index is 13.7. The van der Waals surface area contributed by atoms with Gasteiger partial charge in [0.15, 0.2) is 23.0 Å². The number of pyridine rings is 2. The van der Waals surface area contributed by atoms with Crippen molar-refractivity contribution in [3.63, 3.8) is 0 Å². The van der Waals surface area contributed by atoms with E-state index in [4.69, 9.17) is 5.73 Å². The van der Waals surface area contributed by atoms with Crippen LogP contribution >= 0.6 is 0 Å². The number of benzene rings is 1. The first-order chi connectivity index (χ1) is 19.2. The summed E-state index contributed by atoms with van der Waals surface area (Å²) in [6.07, 6.45) is 4.22. The number of H-pyrrole nitrogens is 1. The third-order valence-corrected chi connectivity index (χ3v) is 6.43. The fourth-order valence-corrected chi connectivity index (χ4v) is 4.26. The molecule has 5 rings (SSSR count). The van der Waals surface area contributed by atoms with Gasteiger partial charge in [-0.15, -0.1) is 0 Å². The predicted molar refractivity (Wildman–Crippen MR) is 144 cm³/mol. The van der Waals surface area contributed by atoms with E-state index in [2.05, 4.69) is 35.8 Å². The highest BCUT2D eigenvalue weighted by Gasteiger charge is 2.30. The number of carbonyl (C=O) groups excluding carboxylic acids is 1. The summed E-state index contributed by atoms with van der Waals surface area (Å²) in [7, 11) is 1.71. The number of nitrogens with zero attached hydrogens (tertiary/aromatic N) is 6. The Labute approximate surface area is 227 Å². The van der Waals surface area contributed by atoms with Crippen molar-refractivity contribution in [1.29, 1.82) is 5.26 Å². The number of hydrogen-bond donors (Lipinski definition) is 4. The zero-order valence-electron chi connectivity index (χ0n) is 21.5. The number of carbonyl (C=O) groups is 1. The molecule has 0 bridgehead atoms. The molecular weight excluding hydrogens is 518 g/mol. The van der Waals surface area contributed by atoms with Gasteiger partial charge in [-0.2, -0.15) is 10.4 Å². The van der Waals surface area contributed by atoms with Gasteiger partial charge in [-0.05, 0) is 42.3 Å². The highest BCUT2D eigenvalue weighted by Crippen LogP contribution is 2.23. The summed E-state index contributed by atoms with van der Waals surface area (Å²) in [5.41, 5.74) is 9.23. The maximum absolute atomic E-state index is 13.7. The first-order valence-corrected chi connectivity index (χ1v) is 12.2. The molecule has 0 saturated carbocycles. The van der Waals surface area contributed by atoms with Gasteiger partial charge in [-0.25, -0.2) is 18.8 Å². The van der Waals surface area contributed by atoms with Crippen LogP contribution in [0.4, 0.5) is 14.6 Å². The zero-order valence-corrected chi connectivity index (χ0v) is 21.5. The lowest BCUT2D eigenvalue weighted by Gasteiger charge is -2.31. The number of allylic oxidation sites excluding steroid dienone is 1. The monoisotopic (exact) mass is 542 g/mol. The lowest BCUT2D eigenvalue weighted by atomic mass is 10.1. The van der Waals surface area contributed by atoms with Crippen LogP contribution in [0.5, 0.6) is 0 Å². The predicted octanol–water partition coefficient (Wildman–Crippen LogP) is 2.92. The van der Waals surface area contributed by atoms with Crippen LogP contribution in [-0.4, -0.2) is 49.9 Å². The molecule has 1 aliphatic heterocycles. The third kappa shape index (κ3) is 5.33. The Morgan fingerprint density at radius 2 is 2.02 bits per heavy atom. The first-order valence-electron chi connectivity index (χ1n) is 12.2. The molecule has 5 N–H and O–H groups in total. The SMILES string of the molecule is C[C@H](NC(=O)C1=NC(C#N)=CN(C)C1NCc1ccc(-c2cnc3n[nH]c(N)c3c2)nc1)c1ccc(F)c(F)c1. The number of fused-ring (bicyclic) bond motifs is 1. The topological polar surface area (TPSA) is 161 Å². The highest BCUT2D eigenvalue weighted by atomic mass is 19.2. The Morgan fingerprint density at radius 1 is 1.20 bits per heavy atom. The number of anilines is 1. The van der Waals surface area contributed by atoms with Crippen LogP contribution in [0, 0.1) is 23.0 Å². The summed E-state index contributed by atoms with van der Waals surface area (Å²) in [5, 5.41) is 22.8. The first kappa shape index (κ1) is 26.4. The fraction of sp³-hybridized carbons (Fsp3) is 0.185. The number of nitrogens with one attached hydrogen (secondary N) is 3. The number of nitrogens with two attached hydrogens (primary N) is 1. The molecule has 0 saturated heterocycles. The number of nitrogen functional groups attached to an aromatic ring is 1. The van der Waals surface area contributed by atoms with Gasteiger partial charge in [-0.1, -0.05) is 12.1 Å². The molecule has 2 atom stereocenters. The third-order valence-electron chi connectivity index (χ3n) is 6.43. The Hall–Kier alpha value is -5.22. The van der Waals surface area contributed by atoms with Crippen LogP contribution in [0.15, 0.2) is 65.7 Å². The molecule has 1 amide bonds. The summed E-state index contributed by atoms with van der Waals surface area (Å²) in [4.78, 5) is 27.9. The largest absolute Gasteiger partial charge is 0.384 e. The van der Waals surface area contributed by atoms with E-state index in [1.54, 1.807) is 31.3 Å². The van der Waals surface area contributed by atoms with E-state index in [0.29, 0.717) is 34.7 Å². The van der Waals surface area contributed by atoms with E-state index < -0.39 is 29.7 Å². The number of amides is 1.